The first-order chi connectivity index (χ1) is 16.0. The molecule has 0 saturated carbocycles. The summed E-state index contributed by atoms with van der Waals surface area (Å²) in [5.74, 6) is 1.60. The van der Waals surface area contributed by atoms with Gasteiger partial charge in [-0.05, 0) is 37.0 Å². The van der Waals surface area contributed by atoms with Crippen LogP contribution >= 0.6 is 23.2 Å². The maximum Gasteiger partial charge on any atom is 0.135 e. The third-order valence-corrected chi connectivity index (χ3v) is 7.16. The van der Waals surface area contributed by atoms with Crippen LogP contribution in [0, 0.1) is 0 Å². The second kappa shape index (κ2) is 10.0. The molecule has 2 fully saturated rings. The number of nitrogens with zero attached hydrogens (tertiary/aromatic N) is 6. The standard InChI is InChI=1S/C23H29Cl2N7O/c24-17-3-1-16(2-4-17)9-20-15-33-21(13-31-12-18(25)11-27-31)14-32(20)19-5-7-30(8-6-19)23-10-22(26)28-29-23/h1-4,11-12,19-21H,5-10,13-15H2,(H2,26,28)/t20-,21-/m0/s1. The van der Waals surface area contributed by atoms with Crippen molar-refractivity contribution >= 4 is 34.9 Å². The Labute approximate surface area is 204 Å². The lowest BCUT2D eigenvalue weighted by Crippen LogP contribution is -2.58. The number of morpholine rings is 1. The molecule has 1 aromatic carbocycles. The van der Waals surface area contributed by atoms with Crippen LogP contribution in [0.1, 0.15) is 24.8 Å². The lowest BCUT2D eigenvalue weighted by molar-refractivity contribution is -0.0910. The Morgan fingerprint density at radius 2 is 1.85 bits per heavy atom. The van der Waals surface area contributed by atoms with Crippen molar-refractivity contribution in [2.75, 3.05) is 26.2 Å². The molecule has 0 aliphatic carbocycles. The lowest BCUT2D eigenvalue weighted by Gasteiger charge is -2.47. The maximum absolute atomic E-state index is 6.30. The highest BCUT2D eigenvalue weighted by molar-refractivity contribution is 6.30. The van der Waals surface area contributed by atoms with E-state index in [-0.39, 0.29) is 6.10 Å². The van der Waals surface area contributed by atoms with Crippen LogP contribution in [-0.4, -0.2) is 75.7 Å². The Kier molecular flexibility index (Phi) is 6.87. The largest absolute Gasteiger partial charge is 0.385 e. The van der Waals surface area contributed by atoms with E-state index in [0.29, 0.717) is 42.5 Å². The molecule has 5 rings (SSSR count). The van der Waals surface area contributed by atoms with Crippen LogP contribution in [0.5, 0.6) is 0 Å². The summed E-state index contributed by atoms with van der Waals surface area (Å²) in [6.45, 7) is 4.20. The van der Waals surface area contributed by atoms with Gasteiger partial charge in [0.15, 0.2) is 0 Å². The molecule has 2 aromatic rings. The summed E-state index contributed by atoms with van der Waals surface area (Å²) in [4.78, 5) is 4.99. The minimum atomic E-state index is 0.0767. The smallest absolute Gasteiger partial charge is 0.135 e. The Morgan fingerprint density at radius 1 is 1.06 bits per heavy atom. The number of benzene rings is 1. The first kappa shape index (κ1) is 22.7. The molecule has 3 aliphatic rings. The van der Waals surface area contributed by atoms with Gasteiger partial charge in [-0.15, -0.1) is 10.2 Å². The third-order valence-electron chi connectivity index (χ3n) is 6.72. The number of nitrogens with two attached hydrogens (primary N) is 1. The summed E-state index contributed by atoms with van der Waals surface area (Å²) in [5.41, 5.74) is 7.10. The van der Waals surface area contributed by atoms with Crippen molar-refractivity contribution in [1.82, 2.24) is 19.6 Å². The van der Waals surface area contributed by atoms with Crippen LogP contribution in [0.3, 0.4) is 0 Å². The van der Waals surface area contributed by atoms with Crippen LogP contribution in [0.4, 0.5) is 0 Å². The number of piperidine rings is 1. The third kappa shape index (κ3) is 5.51. The van der Waals surface area contributed by atoms with Crippen molar-refractivity contribution in [3.05, 3.63) is 52.3 Å². The molecule has 2 saturated heterocycles. The molecule has 2 N–H and O–H groups in total. The second-order valence-electron chi connectivity index (χ2n) is 9.02. The fraction of sp³-hybridized carbons (Fsp3) is 0.522. The number of hydrogen-bond acceptors (Lipinski definition) is 7. The fourth-order valence-electron chi connectivity index (χ4n) is 5.04. The fourth-order valence-corrected chi connectivity index (χ4v) is 5.32. The molecule has 3 aliphatic heterocycles. The van der Waals surface area contributed by atoms with Crippen molar-refractivity contribution < 1.29 is 4.74 Å². The number of likely N-dealkylation sites (tertiary alicyclic amines) is 1. The summed E-state index contributed by atoms with van der Waals surface area (Å²) in [6, 6.07) is 8.97. The van der Waals surface area contributed by atoms with E-state index < -0.39 is 0 Å². The van der Waals surface area contributed by atoms with Gasteiger partial charge < -0.3 is 15.4 Å². The quantitative estimate of drug-likeness (QED) is 0.697. The Hall–Kier alpha value is -2.13. The summed E-state index contributed by atoms with van der Waals surface area (Å²) in [7, 11) is 0. The van der Waals surface area contributed by atoms with Crippen LogP contribution in [0.25, 0.3) is 0 Å². The molecule has 0 unspecified atom stereocenters. The monoisotopic (exact) mass is 489 g/mol. The van der Waals surface area contributed by atoms with Crippen LogP contribution < -0.4 is 5.73 Å². The zero-order valence-corrected chi connectivity index (χ0v) is 20.0. The first-order valence-corrected chi connectivity index (χ1v) is 12.2. The van der Waals surface area contributed by atoms with Crippen molar-refractivity contribution in [2.24, 2.45) is 15.9 Å². The van der Waals surface area contributed by atoms with Crippen molar-refractivity contribution in [1.29, 1.82) is 0 Å². The van der Waals surface area contributed by atoms with E-state index in [1.54, 1.807) is 6.20 Å². The highest BCUT2D eigenvalue weighted by atomic mass is 35.5. The lowest BCUT2D eigenvalue weighted by atomic mass is 9.96. The van der Waals surface area contributed by atoms with Crippen LogP contribution in [0.2, 0.25) is 10.0 Å². The number of hydrogen-bond donors (Lipinski definition) is 1. The number of amidine groups is 2. The topological polar surface area (TPSA) is 84.3 Å². The van der Waals surface area contributed by atoms with Crippen LogP contribution in [-0.2, 0) is 17.7 Å². The number of aromatic nitrogens is 2. The van der Waals surface area contributed by atoms with Crippen molar-refractivity contribution in [3.63, 3.8) is 0 Å². The van der Waals surface area contributed by atoms with E-state index in [9.17, 15) is 0 Å². The number of halogens is 2. The van der Waals surface area contributed by atoms with E-state index >= 15 is 0 Å². The molecule has 8 nitrogen and oxygen atoms in total. The molecule has 33 heavy (non-hydrogen) atoms. The van der Waals surface area contributed by atoms with Crippen molar-refractivity contribution in [2.45, 2.75) is 50.4 Å². The number of rotatable bonds is 5. The minimum absolute atomic E-state index is 0.0767. The number of ether oxygens (including phenoxy) is 1. The summed E-state index contributed by atoms with van der Waals surface area (Å²) >= 11 is 12.2. The second-order valence-corrected chi connectivity index (χ2v) is 9.89. The minimum Gasteiger partial charge on any atom is -0.385 e. The van der Waals surface area contributed by atoms with Crippen LogP contribution in [0.15, 0.2) is 46.9 Å². The summed E-state index contributed by atoms with van der Waals surface area (Å²) < 4.78 is 8.18. The average molecular weight is 490 g/mol. The van der Waals surface area contributed by atoms with Gasteiger partial charge in [0.05, 0.1) is 36.9 Å². The van der Waals surface area contributed by atoms with E-state index in [1.807, 2.05) is 23.0 Å². The Morgan fingerprint density at radius 3 is 2.52 bits per heavy atom. The molecular weight excluding hydrogens is 461 g/mol. The zero-order chi connectivity index (χ0) is 22.8. The van der Waals surface area contributed by atoms with E-state index in [4.69, 9.17) is 33.7 Å². The first-order valence-electron chi connectivity index (χ1n) is 11.5. The molecule has 1 aromatic heterocycles. The molecule has 10 heteroatoms. The van der Waals surface area contributed by atoms with E-state index in [2.05, 4.69) is 37.2 Å². The Bertz CT molecular complexity index is 1010. The maximum atomic E-state index is 6.30. The molecule has 176 valence electrons. The van der Waals surface area contributed by atoms with E-state index in [0.717, 1.165) is 49.8 Å². The van der Waals surface area contributed by atoms with Gasteiger partial charge in [-0.25, -0.2) is 0 Å². The van der Waals surface area contributed by atoms with Gasteiger partial charge in [0.25, 0.3) is 0 Å². The van der Waals surface area contributed by atoms with Gasteiger partial charge in [0.1, 0.15) is 11.7 Å². The molecule has 4 heterocycles. The molecule has 0 radical (unpaired) electrons. The highest BCUT2D eigenvalue weighted by Gasteiger charge is 2.36. The van der Waals surface area contributed by atoms with Gasteiger partial charge in [-0.1, -0.05) is 35.3 Å². The van der Waals surface area contributed by atoms with Gasteiger partial charge in [-0.3, -0.25) is 9.58 Å². The zero-order valence-electron chi connectivity index (χ0n) is 18.5. The average Bonchev–Trinajstić information content (AvgIpc) is 3.44. The SMILES string of the molecule is NC1=NN=C(N2CCC(N3C[C@H](Cn4cc(Cl)cn4)OC[C@@H]3Cc3ccc(Cl)cc3)CC2)C1. The predicted molar refractivity (Wildman–Crippen MR) is 131 cm³/mol. The molecular formula is C23H29Cl2N7O. The Balaban J connectivity index is 1.26. The molecule has 0 bridgehead atoms. The highest BCUT2D eigenvalue weighted by Crippen LogP contribution is 2.27. The molecule has 2 atom stereocenters. The van der Waals surface area contributed by atoms with E-state index in [1.165, 1.54) is 5.56 Å². The normalized spacial score (nSPS) is 24.7. The van der Waals surface area contributed by atoms with Gasteiger partial charge >= 0.3 is 0 Å². The van der Waals surface area contributed by atoms with Gasteiger partial charge in [0, 0.05) is 42.9 Å². The molecule has 0 spiro atoms. The summed E-state index contributed by atoms with van der Waals surface area (Å²) in [6.07, 6.45) is 7.36. The van der Waals surface area contributed by atoms with Gasteiger partial charge in [0.2, 0.25) is 0 Å². The van der Waals surface area contributed by atoms with Gasteiger partial charge in [-0.2, -0.15) is 5.10 Å². The summed E-state index contributed by atoms with van der Waals surface area (Å²) in [5, 5.41) is 14.0. The predicted octanol–water partition coefficient (Wildman–Crippen LogP) is 3.04. The van der Waals surface area contributed by atoms with Crippen molar-refractivity contribution in [3.8, 4) is 0 Å². The molecule has 0 amide bonds.